The first-order valence-corrected chi connectivity index (χ1v) is 4.35. The molecule has 0 radical (unpaired) electrons. The van der Waals surface area contributed by atoms with Crippen LogP contribution in [0.2, 0.25) is 0 Å². The van der Waals surface area contributed by atoms with Crippen LogP contribution in [0.5, 0.6) is 5.75 Å². The van der Waals surface area contributed by atoms with Crippen molar-refractivity contribution in [1.82, 2.24) is 0 Å². The fraction of sp³-hybridized carbons (Fsp3) is 0.182. The summed E-state index contributed by atoms with van der Waals surface area (Å²) in [5.74, 6) is -0.940. The summed E-state index contributed by atoms with van der Waals surface area (Å²) in [5.41, 5.74) is 1.15. The molecule has 0 aromatic heterocycles. The van der Waals surface area contributed by atoms with Gasteiger partial charge in [0.2, 0.25) is 0 Å². The molecule has 4 heteroatoms. The van der Waals surface area contributed by atoms with Crippen molar-refractivity contribution in [3.63, 3.8) is 0 Å². The highest BCUT2D eigenvalue weighted by molar-refractivity contribution is 5.90. The Labute approximate surface area is 87.4 Å². The average molecular weight is 208 g/mol. The normalized spacial score (nSPS) is 11.4. The first-order valence-electron chi connectivity index (χ1n) is 4.35. The third kappa shape index (κ3) is 3.44. The monoisotopic (exact) mass is 208 g/mol. The molecule has 0 aliphatic heterocycles. The molecule has 0 saturated carbocycles. The number of aliphatic carboxylic acids is 1. The topological polar surface area (TPSA) is 66.8 Å². The van der Waals surface area contributed by atoms with Gasteiger partial charge in [0.05, 0.1) is 6.61 Å². The molecule has 4 nitrogen and oxygen atoms in total. The van der Waals surface area contributed by atoms with Gasteiger partial charge in [-0.3, -0.25) is 0 Å². The molecule has 0 amide bonds. The summed E-state index contributed by atoms with van der Waals surface area (Å²) in [4.78, 5) is 10.5. The SMILES string of the molecule is COC/C(=C\C(=O)O)c1cccc(O)c1. The van der Waals surface area contributed by atoms with Crippen LogP contribution in [0, 0.1) is 0 Å². The second-order valence-corrected chi connectivity index (χ2v) is 2.99. The molecule has 0 bridgehead atoms. The van der Waals surface area contributed by atoms with Crippen molar-refractivity contribution in [1.29, 1.82) is 0 Å². The molecule has 0 fully saturated rings. The van der Waals surface area contributed by atoms with E-state index >= 15 is 0 Å². The summed E-state index contributed by atoms with van der Waals surface area (Å²) < 4.78 is 4.89. The van der Waals surface area contributed by atoms with E-state index < -0.39 is 5.97 Å². The second-order valence-electron chi connectivity index (χ2n) is 2.99. The van der Waals surface area contributed by atoms with Gasteiger partial charge >= 0.3 is 5.97 Å². The van der Waals surface area contributed by atoms with Crippen LogP contribution in [-0.2, 0) is 9.53 Å². The molecule has 0 aliphatic rings. The number of phenols is 1. The molecule has 80 valence electrons. The molecular weight excluding hydrogens is 196 g/mol. The molecule has 1 aromatic rings. The van der Waals surface area contributed by atoms with Gasteiger partial charge in [-0.1, -0.05) is 12.1 Å². The number of aromatic hydroxyl groups is 1. The number of hydrogen-bond donors (Lipinski definition) is 2. The Morgan fingerprint density at radius 2 is 2.27 bits per heavy atom. The van der Waals surface area contributed by atoms with E-state index in [-0.39, 0.29) is 12.4 Å². The number of ether oxygens (including phenoxy) is 1. The lowest BCUT2D eigenvalue weighted by Gasteiger charge is -2.05. The number of rotatable bonds is 4. The van der Waals surface area contributed by atoms with Crippen LogP contribution in [0.3, 0.4) is 0 Å². The van der Waals surface area contributed by atoms with E-state index in [9.17, 15) is 9.90 Å². The molecule has 0 aliphatic carbocycles. The van der Waals surface area contributed by atoms with Gasteiger partial charge in [0.15, 0.2) is 0 Å². The van der Waals surface area contributed by atoms with Crippen LogP contribution < -0.4 is 0 Å². The Morgan fingerprint density at radius 3 is 2.80 bits per heavy atom. The van der Waals surface area contributed by atoms with Crippen LogP contribution in [0.4, 0.5) is 0 Å². The zero-order valence-corrected chi connectivity index (χ0v) is 8.30. The van der Waals surface area contributed by atoms with Crippen LogP contribution in [0.25, 0.3) is 5.57 Å². The molecule has 0 atom stereocenters. The minimum atomic E-state index is -1.04. The van der Waals surface area contributed by atoms with Crippen molar-refractivity contribution < 1.29 is 19.7 Å². The standard InChI is InChI=1S/C11H12O4/c1-15-7-9(6-11(13)14)8-3-2-4-10(12)5-8/h2-6,12H,7H2,1H3,(H,13,14)/b9-6+. The highest BCUT2D eigenvalue weighted by Crippen LogP contribution is 2.19. The van der Waals surface area contributed by atoms with Gasteiger partial charge in [-0.15, -0.1) is 0 Å². The lowest BCUT2D eigenvalue weighted by atomic mass is 10.1. The maximum absolute atomic E-state index is 10.5. The number of methoxy groups -OCH3 is 1. The van der Waals surface area contributed by atoms with Crippen molar-refractivity contribution in [3.05, 3.63) is 35.9 Å². The van der Waals surface area contributed by atoms with E-state index in [1.54, 1.807) is 12.1 Å². The Morgan fingerprint density at radius 1 is 1.53 bits per heavy atom. The van der Waals surface area contributed by atoms with Gasteiger partial charge in [-0.25, -0.2) is 4.79 Å². The number of phenolic OH excluding ortho intramolecular Hbond substituents is 1. The van der Waals surface area contributed by atoms with E-state index in [2.05, 4.69) is 0 Å². The van der Waals surface area contributed by atoms with Gasteiger partial charge in [-0.2, -0.15) is 0 Å². The highest BCUT2D eigenvalue weighted by Gasteiger charge is 2.04. The van der Waals surface area contributed by atoms with E-state index in [1.165, 1.54) is 19.2 Å². The van der Waals surface area contributed by atoms with Crippen LogP contribution in [0.15, 0.2) is 30.3 Å². The Bertz CT molecular complexity index is 382. The number of carboxylic acid groups (broad SMARTS) is 1. The first-order chi connectivity index (χ1) is 7.13. The Kier molecular flexibility index (Phi) is 3.88. The molecule has 0 unspecified atom stereocenters. The van der Waals surface area contributed by atoms with Crippen molar-refractivity contribution in [2.75, 3.05) is 13.7 Å². The van der Waals surface area contributed by atoms with Crippen molar-refractivity contribution >= 4 is 11.5 Å². The number of carbonyl (C=O) groups is 1. The summed E-state index contributed by atoms with van der Waals surface area (Å²) in [6.07, 6.45) is 1.07. The lowest BCUT2D eigenvalue weighted by Crippen LogP contribution is -1.98. The van der Waals surface area contributed by atoms with Gasteiger partial charge in [0.25, 0.3) is 0 Å². The predicted molar refractivity (Wildman–Crippen MR) is 55.6 cm³/mol. The third-order valence-corrected chi connectivity index (χ3v) is 1.81. The largest absolute Gasteiger partial charge is 0.508 e. The summed E-state index contributed by atoms with van der Waals surface area (Å²) in [6, 6.07) is 6.38. The van der Waals surface area contributed by atoms with Gasteiger partial charge in [0.1, 0.15) is 5.75 Å². The van der Waals surface area contributed by atoms with Crippen LogP contribution in [0.1, 0.15) is 5.56 Å². The Balaban J connectivity index is 3.04. The molecule has 1 aromatic carbocycles. The van der Waals surface area contributed by atoms with Crippen molar-refractivity contribution in [2.45, 2.75) is 0 Å². The number of benzene rings is 1. The van der Waals surface area contributed by atoms with Crippen LogP contribution >= 0.6 is 0 Å². The van der Waals surface area contributed by atoms with Crippen molar-refractivity contribution in [2.24, 2.45) is 0 Å². The summed E-state index contributed by atoms with van der Waals surface area (Å²) in [6.45, 7) is 0.190. The van der Waals surface area contributed by atoms with E-state index in [4.69, 9.17) is 9.84 Å². The zero-order chi connectivity index (χ0) is 11.3. The third-order valence-electron chi connectivity index (χ3n) is 1.81. The zero-order valence-electron chi connectivity index (χ0n) is 8.30. The van der Waals surface area contributed by atoms with E-state index in [0.717, 1.165) is 6.08 Å². The second kappa shape index (κ2) is 5.17. The average Bonchev–Trinajstić information content (AvgIpc) is 2.16. The molecule has 1 rings (SSSR count). The lowest BCUT2D eigenvalue weighted by molar-refractivity contribution is -0.131. The minimum absolute atomic E-state index is 0.0971. The van der Waals surface area contributed by atoms with Crippen molar-refractivity contribution in [3.8, 4) is 5.75 Å². The molecular formula is C11H12O4. The summed E-state index contributed by atoms with van der Waals surface area (Å²) in [5, 5.41) is 17.9. The quantitative estimate of drug-likeness (QED) is 0.736. The summed E-state index contributed by atoms with van der Waals surface area (Å²) >= 11 is 0. The molecule has 0 heterocycles. The highest BCUT2D eigenvalue weighted by atomic mass is 16.5. The molecule has 15 heavy (non-hydrogen) atoms. The number of hydrogen-bond acceptors (Lipinski definition) is 3. The fourth-order valence-corrected chi connectivity index (χ4v) is 1.22. The van der Waals surface area contributed by atoms with Gasteiger partial charge in [0, 0.05) is 13.2 Å². The van der Waals surface area contributed by atoms with Crippen LogP contribution in [-0.4, -0.2) is 29.9 Å². The molecule has 0 saturated heterocycles. The van der Waals surface area contributed by atoms with Gasteiger partial charge < -0.3 is 14.9 Å². The predicted octanol–water partition coefficient (Wildman–Crippen LogP) is 1.51. The fourth-order valence-electron chi connectivity index (χ4n) is 1.22. The number of carboxylic acids is 1. The maximum atomic E-state index is 10.5. The maximum Gasteiger partial charge on any atom is 0.328 e. The molecule has 2 N–H and O–H groups in total. The first kappa shape index (κ1) is 11.3. The summed E-state index contributed by atoms with van der Waals surface area (Å²) in [7, 11) is 1.48. The minimum Gasteiger partial charge on any atom is -0.508 e. The smallest absolute Gasteiger partial charge is 0.328 e. The van der Waals surface area contributed by atoms with E-state index in [0.29, 0.717) is 11.1 Å². The van der Waals surface area contributed by atoms with E-state index in [1.807, 2.05) is 0 Å². The molecule has 0 spiro atoms. The Hall–Kier alpha value is -1.81. The van der Waals surface area contributed by atoms with Gasteiger partial charge in [-0.05, 0) is 23.3 Å².